The molecule has 0 amide bonds. The quantitative estimate of drug-likeness (QED) is 0.288. The third-order valence-electron chi connectivity index (χ3n) is 4.51. The first-order valence-corrected chi connectivity index (χ1v) is 10.8. The van der Waals surface area contributed by atoms with Gasteiger partial charge in [-0.25, -0.2) is 15.0 Å². The molecule has 0 aliphatic carbocycles. The lowest BCUT2D eigenvalue weighted by atomic mass is 10.2. The van der Waals surface area contributed by atoms with Crippen molar-refractivity contribution in [3.05, 3.63) is 30.5 Å². The van der Waals surface area contributed by atoms with Crippen LogP contribution >= 0.6 is 12.2 Å². The average molecular weight is 487 g/mol. The Balaban J connectivity index is 1.72. The summed E-state index contributed by atoms with van der Waals surface area (Å²) >= 11 is 5.26. The van der Waals surface area contributed by atoms with Crippen LogP contribution in [0.15, 0.2) is 30.5 Å². The highest BCUT2D eigenvalue weighted by molar-refractivity contribution is 7.80. The number of benzene rings is 1. The Morgan fingerprint density at radius 1 is 1.03 bits per heavy atom. The van der Waals surface area contributed by atoms with E-state index in [1.165, 1.54) is 0 Å². The molecule has 0 unspecified atom stereocenters. The SMILES string of the molecule is CCOC(=O)CCNC(=S)Nc1ccc2ncc(Nc3cc(OC)c(OC)c(OC)c3)nc2n1. The Bertz CT molecular complexity index is 1150. The van der Waals surface area contributed by atoms with Crippen LogP contribution in [0.5, 0.6) is 17.2 Å². The minimum absolute atomic E-state index is 0.211. The number of hydrogen-bond donors (Lipinski definition) is 3. The first kappa shape index (κ1) is 24.7. The molecule has 0 saturated heterocycles. The number of thiocarbonyl (C=S) groups is 1. The van der Waals surface area contributed by atoms with E-state index in [4.69, 9.17) is 31.2 Å². The van der Waals surface area contributed by atoms with Gasteiger partial charge in [-0.05, 0) is 31.3 Å². The maximum Gasteiger partial charge on any atom is 0.307 e. The molecule has 0 radical (unpaired) electrons. The van der Waals surface area contributed by atoms with Gasteiger partial charge in [-0.1, -0.05) is 0 Å². The van der Waals surface area contributed by atoms with Gasteiger partial charge in [0.2, 0.25) is 5.75 Å². The third-order valence-corrected chi connectivity index (χ3v) is 4.75. The normalized spacial score (nSPS) is 10.4. The number of anilines is 3. The van der Waals surface area contributed by atoms with E-state index in [0.717, 1.165) is 0 Å². The van der Waals surface area contributed by atoms with Crippen molar-refractivity contribution in [2.24, 2.45) is 0 Å². The minimum Gasteiger partial charge on any atom is -0.493 e. The topological polar surface area (TPSA) is 129 Å². The number of rotatable bonds is 10. The van der Waals surface area contributed by atoms with Crippen LogP contribution < -0.4 is 30.2 Å². The molecule has 2 heterocycles. The van der Waals surface area contributed by atoms with Gasteiger partial charge >= 0.3 is 5.97 Å². The number of nitrogens with zero attached hydrogens (tertiary/aromatic N) is 3. The van der Waals surface area contributed by atoms with Crippen LogP contribution in [0.25, 0.3) is 11.2 Å². The second kappa shape index (κ2) is 11.8. The van der Waals surface area contributed by atoms with Gasteiger partial charge in [0.1, 0.15) is 11.3 Å². The number of ether oxygens (including phenoxy) is 4. The Labute approximate surface area is 202 Å². The highest BCUT2D eigenvalue weighted by Crippen LogP contribution is 2.40. The molecule has 0 fully saturated rings. The molecule has 34 heavy (non-hydrogen) atoms. The zero-order valence-electron chi connectivity index (χ0n) is 19.3. The summed E-state index contributed by atoms with van der Waals surface area (Å²) in [6, 6.07) is 7.04. The standard InChI is InChI=1S/C22H26N6O5S/c1-5-33-19(29)8-9-23-22(34)28-17-7-6-14-21(26-17)27-18(12-24-14)25-13-10-15(30-2)20(32-4)16(11-13)31-3/h6-7,10-12H,5,8-9H2,1-4H3,(H3,23,25,26,27,28,34). The van der Waals surface area contributed by atoms with E-state index in [1.54, 1.807) is 58.7 Å². The van der Waals surface area contributed by atoms with E-state index >= 15 is 0 Å². The van der Waals surface area contributed by atoms with Crippen molar-refractivity contribution >= 4 is 51.8 Å². The number of carbonyl (C=O) groups excluding carboxylic acids is 1. The fourth-order valence-electron chi connectivity index (χ4n) is 3.00. The number of fused-ring (bicyclic) bond motifs is 1. The van der Waals surface area contributed by atoms with E-state index in [0.29, 0.717) is 64.0 Å². The molecule has 0 aliphatic rings. The molecule has 3 N–H and O–H groups in total. The molecule has 0 spiro atoms. The fraction of sp³-hybridized carbons (Fsp3) is 0.318. The van der Waals surface area contributed by atoms with Gasteiger partial charge in [0, 0.05) is 24.4 Å². The van der Waals surface area contributed by atoms with Crippen LogP contribution in [0, 0.1) is 0 Å². The molecule has 3 rings (SSSR count). The predicted molar refractivity (Wildman–Crippen MR) is 132 cm³/mol. The molecule has 11 nitrogen and oxygen atoms in total. The van der Waals surface area contributed by atoms with Crippen LogP contribution in [-0.4, -0.2) is 60.5 Å². The average Bonchev–Trinajstić information content (AvgIpc) is 2.83. The zero-order valence-corrected chi connectivity index (χ0v) is 20.1. The van der Waals surface area contributed by atoms with Crippen LogP contribution in [0.3, 0.4) is 0 Å². The summed E-state index contributed by atoms with van der Waals surface area (Å²) in [6.07, 6.45) is 1.81. The largest absolute Gasteiger partial charge is 0.493 e. The molecule has 0 saturated carbocycles. The minimum atomic E-state index is -0.288. The van der Waals surface area contributed by atoms with E-state index in [2.05, 4.69) is 30.9 Å². The molecular weight excluding hydrogens is 460 g/mol. The molecule has 1 aromatic carbocycles. The Morgan fingerprint density at radius 2 is 1.74 bits per heavy atom. The van der Waals surface area contributed by atoms with Crippen molar-refractivity contribution < 1.29 is 23.7 Å². The smallest absolute Gasteiger partial charge is 0.307 e. The van der Waals surface area contributed by atoms with Crippen molar-refractivity contribution in [3.8, 4) is 17.2 Å². The number of carbonyl (C=O) groups is 1. The predicted octanol–water partition coefficient (Wildman–Crippen LogP) is 3.03. The van der Waals surface area contributed by atoms with Crippen molar-refractivity contribution in [1.29, 1.82) is 0 Å². The van der Waals surface area contributed by atoms with Crippen molar-refractivity contribution in [2.45, 2.75) is 13.3 Å². The van der Waals surface area contributed by atoms with Crippen LogP contribution in [0.1, 0.15) is 13.3 Å². The van der Waals surface area contributed by atoms with Crippen LogP contribution in [-0.2, 0) is 9.53 Å². The van der Waals surface area contributed by atoms with E-state index in [9.17, 15) is 4.79 Å². The lowest BCUT2D eigenvalue weighted by molar-refractivity contribution is -0.142. The third kappa shape index (κ3) is 6.32. The van der Waals surface area contributed by atoms with Gasteiger partial charge in [0.25, 0.3) is 0 Å². The number of nitrogens with one attached hydrogen (secondary N) is 3. The summed E-state index contributed by atoms with van der Waals surface area (Å²) in [5.41, 5.74) is 1.70. The molecule has 3 aromatic rings. The molecule has 0 atom stereocenters. The second-order valence-electron chi connectivity index (χ2n) is 6.77. The Kier molecular flexibility index (Phi) is 8.57. The maximum absolute atomic E-state index is 11.4. The molecule has 180 valence electrons. The van der Waals surface area contributed by atoms with Crippen LogP contribution in [0.4, 0.5) is 17.3 Å². The van der Waals surface area contributed by atoms with E-state index in [-0.39, 0.29) is 12.4 Å². The zero-order chi connectivity index (χ0) is 24.5. The number of esters is 1. The summed E-state index contributed by atoms with van der Waals surface area (Å²) in [7, 11) is 4.64. The summed E-state index contributed by atoms with van der Waals surface area (Å²) in [6.45, 7) is 2.46. The Morgan fingerprint density at radius 3 is 2.38 bits per heavy atom. The van der Waals surface area contributed by atoms with Gasteiger partial charge in [-0.3, -0.25) is 4.79 Å². The van der Waals surface area contributed by atoms with Crippen molar-refractivity contribution in [2.75, 3.05) is 45.1 Å². The summed E-state index contributed by atoms with van der Waals surface area (Å²) < 4.78 is 21.0. The van der Waals surface area contributed by atoms with Crippen molar-refractivity contribution in [3.63, 3.8) is 0 Å². The Hall–Kier alpha value is -3.93. The molecule has 2 aromatic heterocycles. The lowest BCUT2D eigenvalue weighted by Gasteiger charge is -2.15. The highest BCUT2D eigenvalue weighted by atomic mass is 32.1. The fourth-order valence-corrected chi connectivity index (χ4v) is 3.21. The summed E-state index contributed by atoms with van der Waals surface area (Å²) in [4.78, 5) is 24.8. The highest BCUT2D eigenvalue weighted by Gasteiger charge is 2.14. The van der Waals surface area contributed by atoms with Gasteiger partial charge < -0.3 is 34.9 Å². The van der Waals surface area contributed by atoms with Gasteiger partial charge in [-0.2, -0.15) is 0 Å². The molecule has 0 aliphatic heterocycles. The maximum atomic E-state index is 11.4. The van der Waals surface area contributed by atoms with E-state index in [1.807, 2.05) is 0 Å². The lowest BCUT2D eigenvalue weighted by Crippen LogP contribution is -2.31. The molecule has 0 bridgehead atoms. The number of pyridine rings is 1. The van der Waals surface area contributed by atoms with Gasteiger partial charge in [-0.15, -0.1) is 0 Å². The van der Waals surface area contributed by atoms with E-state index < -0.39 is 0 Å². The number of methoxy groups -OCH3 is 3. The first-order chi connectivity index (χ1) is 16.5. The molecule has 12 heteroatoms. The summed E-state index contributed by atoms with van der Waals surface area (Å²) in [5.74, 6) is 2.17. The summed E-state index contributed by atoms with van der Waals surface area (Å²) in [5, 5.41) is 9.42. The second-order valence-corrected chi connectivity index (χ2v) is 7.18. The van der Waals surface area contributed by atoms with Crippen LogP contribution in [0.2, 0.25) is 0 Å². The van der Waals surface area contributed by atoms with Gasteiger partial charge in [0.05, 0.1) is 40.6 Å². The monoisotopic (exact) mass is 486 g/mol. The number of aromatic nitrogens is 3. The van der Waals surface area contributed by atoms with Gasteiger partial charge in [0.15, 0.2) is 28.1 Å². The first-order valence-electron chi connectivity index (χ1n) is 10.4. The molecular formula is C22H26N6O5S. The number of hydrogen-bond acceptors (Lipinski definition) is 10. The van der Waals surface area contributed by atoms with Crippen molar-refractivity contribution in [1.82, 2.24) is 20.3 Å².